The summed E-state index contributed by atoms with van der Waals surface area (Å²) in [6, 6.07) is 4.02. The number of aromatic nitrogens is 1. The maximum atomic E-state index is 11.7. The topological polar surface area (TPSA) is 96.1 Å². The number of ether oxygens (including phenoxy) is 1. The second-order valence-corrected chi connectivity index (χ2v) is 7.90. The third-order valence-corrected chi connectivity index (χ3v) is 5.71. The molecule has 2 aliphatic heterocycles. The molecule has 3 N–H and O–H groups in total. The zero-order chi connectivity index (χ0) is 20.6. The Labute approximate surface area is 196 Å². The number of piperidine rings is 1. The Hall–Kier alpha value is -1.62. The summed E-state index contributed by atoms with van der Waals surface area (Å²) in [5.41, 5.74) is 6.62. The lowest BCUT2D eigenvalue weighted by Crippen LogP contribution is -2.42. The molecule has 2 saturated heterocycles. The number of primary amides is 1. The van der Waals surface area contributed by atoms with Crippen molar-refractivity contribution in [2.24, 2.45) is 22.6 Å². The average molecular weight is 530 g/mol. The number of nitrogens with zero attached hydrogens (tertiary/aromatic N) is 4. The maximum Gasteiger partial charge on any atom is 0.222 e. The van der Waals surface area contributed by atoms with Crippen molar-refractivity contribution in [2.45, 2.75) is 32.7 Å². The number of carbonyl (C=O) groups is 1. The number of hydrogen-bond donors (Lipinski definition) is 2. The number of carbonyl (C=O) groups excluding carboxylic acids is 1. The molecule has 1 aromatic rings. The summed E-state index contributed by atoms with van der Waals surface area (Å²) in [5.74, 6) is 2.07. The zero-order valence-electron chi connectivity index (χ0n) is 18.0. The van der Waals surface area contributed by atoms with Crippen LogP contribution in [0.5, 0.6) is 0 Å². The average Bonchev–Trinajstić information content (AvgIpc) is 3.20. The van der Waals surface area contributed by atoms with Crippen LogP contribution in [0.3, 0.4) is 0 Å². The Morgan fingerprint density at radius 2 is 2.20 bits per heavy atom. The van der Waals surface area contributed by atoms with E-state index < -0.39 is 0 Å². The highest BCUT2D eigenvalue weighted by Crippen LogP contribution is 2.25. The van der Waals surface area contributed by atoms with Gasteiger partial charge in [0.15, 0.2) is 5.96 Å². The van der Waals surface area contributed by atoms with Crippen molar-refractivity contribution in [1.29, 1.82) is 0 Å². The van der Waals surface area contributed by atoms with Gasteiger partial charge in [-0.05, 0) is 32.3 Å². The first-order valence-corrected chi connectivity index (χ1v) is 10.6. The minimum Gasteiger partial charge on any atom is -0.384 e. The number of likely N-dealkylation sites (tertiary alicyclic amines) is 1. The number of pyridine rings is 1. The Bertz CT molecular complexity index is 716. The van der Waals surface area contributed by atoms with Gasteiger partial charge < -0.3 is 25.6 Å². The molecule has 0 saturated carbocycles. The lowest BCUT2D eigenvalue weighted by molar-refractivity contribution is -0.122. The molecule has 0 radical (unpaired) electrons. The SMILES string of the molecule is CCNC(=NCc1cccnc1N1CCCC(C(N)=O)C1)N1CCC(COC)C1.I. The summed E-state index contributed by atoms with van der Waals surface area (Å²) >= 11 is 0. The molecule has 1 aromatic heterocycles. The first kappa shape index (κ1) is 24.6. The summed E-state index contributed by atoms with van der Waals surface area (Å²) in [6.45, 7) is 7.74. The predicted octanol–water partition coefficient (Wildman–Crippen LogP) is 1.84. The number of amides is 1. The lowest BCUT2D eigenvalue weighted by Gasteiger charge is -2.33. The number of nitrogens with two attached hydrogens (primary N) is 1. The fourth-order valence-electron chi connectivity index (χ4n) is 4.22. The van der Waals surface area contributed by atoms with Gasteiger partial charge in [-0.15, -0.1) is 24.0 Å². The summed E-state index contributed by atoms with van der Waals surface area (Å²) in [6.07, 6.45) is 4.73. The number of methoxy groups -OCH3 is 1. The third kappa shape index (κ3) is 6.44. The second-order valence-electron chi connectivity index (χ2n) is 7.90. The van der Waals surface area contributed by atoms with Gasteiger partial charge in [-0.25, -0.2) is 9.98 Å². The van der Waals surface area contributed by atoms with E-state index in [0.717, 1.165) is 69.4 Å². The molecular formula is C21H35IN6O2. The molecule has 30 heavy (non-hydrogen) atoms. The quantitative estimate of drug-likeness (QED) is 0.318. The van der Waals surface area contributed by atoms with Crippen molar-refractivity contribution in [3.05, 3.63) is 23.9 Å². The van der Waals surface area contributed by atoms with Crippen molar-refractivity contribution in [2.75, 3.05) is 51.3 Å². The van der Waals surface area contributed by atoms with Crippen LogP contribution in [0.1, 0.15) is 31.7 Å². The smallest absolute Gasteiger partial charge is 0.222 e. The number of nitrogens with one attached hydrogen (secondary N) is 1. The summed E-state index contributed by atoms with van der Waals surface area (Å²) in [7, 11) is 1.76. The molecule has 168 valence electrons. The monoisotopic (exact) mass is 530 g/mol. The van der Waals surface area contributed by atoms with Gasteiger partial charge in [0.2, 0.25) is 5.91 Å². The highest BCUT2D eigenvalue weighted by atomic mass is 127. The van der Waals surface area contributed by atoms with E-state index in [1.165, 1.54) is 0 Å². The standard InChI is InChI=1S/C21H34N6O2.HI/c1-3-23-21(27-11-8-16(13-27)15-29-2)25-12-17-6-4-9-24-20(17)26-10-5-7-18(14-26)19(22)28;/h4,6,9,16,18H,3,5,7-8,10-15H2,1-2H3,(H2,22,28)(H,23,25);1H. The Morgan fingerprint density at radius 3 is 2.93 bits per heavy atom. The molecule has 0 bridgehead atoms. The minimum atomic E-state index is -0.223. The van der Waals surface area contributed by atoms with E-state index in [1.807, 2.05) is 6.07 Å². The van der Waals surface area contributed by atoms with E-state index in [2.05, 4.69) is 33.1 Å². The first-order valence-electron chi connectivity index (χ1n) is 10.6. The fraction of sp³-hybridized carbons (Fsp3) is 0.667. The first-order chi connectivity index (χ1) is 14.1. The van der Waals surface area contributed by atoms with E-state index in [4.69, 9.17) is 15.5 Å². The minimum absolute atomic E-state index is 0. The molecule has 0 aromatic carbocycles. The van der Waals surface area contributed by atoms with Crippen molar-refractivity contribution in [3.63, 3.8) is 0 Å². The number of anilines is 1. The van der Waals surface area contributed by atoms with Crippen LogP contribution in [0.4, 0.5) is 5.82 Å². The molecule has 8 nitrogen and oxygen atoms in total. The molecule has 3 rings (SSSR count). The van der Waals surface area contributed by atoms with Gasteiger partial charge in [0.1, 0.15) is 5.82 Å². The zero-order valence-corrected chi connectivity index (χ0v) is 20.4. The van der Waals surface area contributed by atoms with Crippen LogP contribution in [0.25, 0.3) is 0 Å². The van der Waals surface area contributed by atoms with Crippen molar-refractivity contribution >= 4 is 41.7 Å². The van der Waals surface area contributed by atoms with Crippen LogP contribution in [0, 0.1) is 11.8 Å². The molecule has 9 heteroatoms. The Kier molecular flexibility index (Phi) is 10.1. The Morgan fingerprint density at radius 1 is 1.37 bits per heavy atom. The van der Waals surface area contributed by atoms with Crippen LogP contribution in [0.2, 0.25) is 0 Å². The van der Waals surface area contributed by atoms with Crippen molar-refractivity contribution in [1.82, 2.24) is 15.2 Å². The highest BCUT2D eigenvalue weighted by molar-refractivity contribution is 14.0. The normalized spacial score (nSPS) is 22.0. The van der Waals surface area contributed by atoms with Gasteiger partial charge in [0.25, 0.3) is 0 Å². The number of guanidine groups is 1. The molecule has 1 amide bonds. The lowest BCUT2D eigenvalue weighted by atomic mass is 9.97. The summed E-state index contributed by atoms with van der Waals surface area (Å²) < 4.78 is 5.32. The predicted molar refractivity (Wildman–Crippen MR) is 130 cm³/mol. The molecule has 2 atom stereocenters. The van der Waals surface area contributed by atoms with Gasteiger partial charge in [-0.1, -0.05) is 6.07 Å². The van der Waals surface area contributed by atoms with Crippen LogP contribution in [-0.4, -0.2) is 68.2 Å². The van der Waals surface area contributed by atoms with Gasteiger partial charge in [-0.2, -0.15) is 0 Å². The van der Waals surface area contributed by atoms with Crippen molar-refractivity contribution < 1.29 is 9.53 Å². The molecule has 0 spiro atoms. The molecule has 2 fully saturated rings. The van der Waals surface area contributed by atoms with E-state index in [1.54, 1.807) is 13.3 Å². The largest absolute Gasteiger partial charge is 0.384 e. The molecule has 0 aliphatic carbocycles. The van der Waals surface area contributed by atoms with Crippen LogP contribution < -0.4 is 16.0 Å². The van der Waals surface area contributed by atoms with E-state index in [9.17, 15) is 4.79 Å². The number of aliphatic imine (C=N–C) groups is 1. The van der Waals surface area contributed by atoms with E-state index >= 15 is 0 Å². The van der Waals surface area contributed by atoms with Gasteiger partial charge >= 0.3 is 0 Å². The summed E-state index contributed by atoms with van der Waals surface area (Å²) in [4.78, 5) is 25.7. The highest BCUT2D eigenvalue weighted by Gasteiger charge is 2.27. The van der Waals surface area contributed by atoms with Gasteiger partial charge in [0, 0.05) is 57.5 Å². The molecule has 3 heterocycles. The van der Waals surface area contributed by atoms with E-state index in [-0.39, 0.29) is 35.8 Å². The second kappa shape index (κ2) is 12.3. The van der Waals surface area contributed by atoms with Crippen molar-refractivity contribution in [3.8, 4) is 0 Å². The van der Waals surface area contributed by atoms with Crippen LogP contribution in [0.15, 0.2) is 23.3 Å². The third-order valence-electron chi connectivity index (χ3n) is 5.71. The molecule has 2 aliphatic rings. The Balaban J connectivity index is 0.00000320. The fourth-order valence-corrected chi connectivity index (χ4v) is 4.22. The number of hydrogen-bond acceptors (Lipinski definition) is 5. The number of halogens is 1. The maximum absolute atomic E-state index is 11.7. The number of rotatable bonds is 7. The van der Waals surface area contributed by atoms with E-state index in [0.29, 0.717) is 19.0 Å². The van der Waals surface area contributed by atoms with Gasteiger partial charge in [-0.3, -0.25) is 4.79 Å². The van der Waals surface area contributed by atoms with Gasteiger partial charge in [0.05, 0.1) is 19.1 Å². The summed E-state index contributed by atoms with van der Waals surface area (Å²) in [5, 5.41) is 3.42. The van der Waals surface area contributed by atoms with Crippen LogP contribution in [-0.2, 0) is 16.1 Å². The van der Waals surface area contributed by atoms with Crippen LogP contribution >= 0.6 is 24.0 Å². The molecular weight excluding hydrogens is 495 g/mol. The molecule has 2 unspecified atom stereocenters.